The Balaban J connectivity index is 2.22. The van der Waals surface area contributed by atoms with E-state index in [1.54, 1.807) is 0 Å². The largest absolute Gasteiger partial charge is 0.388 e. The van der Waals surface area contributed by atoms with Gasteiger partial charge in [-0.25, -0.2) is 0 Å². The van der Waals surface area contributed by atoms with Crippen LogP contribution in [-0.4, -0.2) is 10.1 Å². The molecule has 2 nitrogen and oxygen atoms in total. The lowest BCUT2D eigenvalue weighted by Crippen LogP contribution is -2.00. The van der Waals surface area contributed by atoms with Gasteiger partial charge in [-0.15, -0.1) is 0 Å². The normalized spacial score (nSPS) is 12.6. The summed E-state index contributed by atoms with van der Waals surface area (Å²) in [6, 6.07) is 4.00. The van der Waals surface area contributed by atoms with E-state index in [1.165, 1.54) is 38.5 Å². The van der Waals surface area contributed by atoms with Gasteiger partial charge < -0.3 is 5.11 Å². The van der Waals surface area contributed by atoms with Crippen molar-refractivity contribution in [1.29, 1.82) is 0 Å². The highest BCUT2D eigenvalue weighted by atomic mass is 16.3. The molecule has 1 N–H and O–H groups in total. The summed E-state index contributed by atoms with van der Waals surface area (Å²) in [4.78, 5) is 4.34. The van der Waals surface area contributed by atoms with Gasteiger partial charge in [-0.05, 0) is 38.0 Å². The smallest absolute Gasteiger partial charge is 0.0791 e. The average molecular weight is 263 g/mol. The number of aliphatic hydroxyl groups excluding tert-OH is 1. The molecule has 0 aliphatic heterocycles. The Hall–Kier alpha value is -0.890. The Morgan fingerprint density at radius 1 is 0.947 bits per heavy atom. The minimum Gasteiger partial charge on any atom is -0.388 e. The van der Waals surface area contributed by atoms with Crippen LogP contribution in [0.1, 0.15) is 81.3 Å². The first-order chi connectivity index (χ1) is 9.13. The van der Waals surface area contributed by atoms with E-state index in [0.29, 0.717) is 0 Å². The van der Waals surface area contributed by atoms with Gasteiger partial charge in [0.2, 0.25) is 0 Å². The number of aromatic nitrogens is 1. The van der Waals surface area contributed by atoms with Crippen molar-refractivity contribution in [2.24, 2.45) is 0 Å². The van der Waals surface area contributed by atoms with E-state index in [1.807, 2.05) is 26.0 Å². The molecule has 0 bridgehead atoms. The van der Waals surface area contributed by atoms with Crippen LogP contribution >= 0.6 is 0 Å². The van der Waals surface area contributed by atoms with Crippen molar-refractivity contribution in [3.63, 3.8) is 0 Å². The van der Waals surface area contributed by atoms with E-state index < -0.39 is 0 Å². The maximum atomic E-state index is 10.2. The highest BCUT2D eigenvalue weighted by Gasteiger charge is 2.08. The fraction of sp³-hybridized carbons (Fsp3) is 0.706. The number of unbranched alkanes of at least 4 members (excludes halogenated alkanes) is 6. The zero-order chi connectivity index (χ0) is 14.1. The van der Waals surface area contributed by atoms with Gasteiger partial charge in [0, 0.05) is 11.4 Å². The van der Waals surface area contributed by atoms with Gasteiger partial charge in [-0.1, -0.05) is 51.9 Å². The second kappa shape index (κ2) is 9.08. The molecule has 0 saturated carbocycles. The molecule has 19 heavy (non-hydrogen) atoms. The Bertz CT molecular complexity index is 342. The zero-order valence-corrected chi connectivity index (χ0v) is 12.8. The fourth-order valence-electron chi connectivity index (χ4n) is 2.52. The van der Waals surface area contributed by atoms with Crippen LogP contribution in [0.2, 0.25) is 0 Å². The minimum absolute atomic E-state index is 0.323. The van der Waals surface area contributed by atoms with Crippen LogP contribution in [-0.2, 0) is 0 Å². The molecule has 1 aromatic heterocycles. The van der Waals surface area contributed by atoms with Crippen LogP contribution in [0, 0.1) is 13.8 Å². The third-order valence-corrected chi connectivity index (χ3v) is 3.57. The van der Waals surface area contributed by atoms with E-state index >= 15 is 0 Å². The fourth-order valence-corrected chi connectivity index (χ4v) is 2.52. The van der Waals surface area contributed by atoms with Gasteiger partial charge in [0.1, 0.15) is 0 Å². The number of hydrogen-bond donors (Lipinski definition) is 1. The molecule has 0 aliphatic rings. The summed E-state index contributed by atoms with van der Waals surface area (Å²) in [5.41, 5.74) is 3.01. The first-order valence-electron chi connectivity index (χ1n) is 7.76. The van der Waals surface area contributed by atoms with Crippen LogP contribution in [0.5, 0.6) is 0 Å². The third-order valence-electron chi connectivity index (χ3n) is 3.57. The van der Waals surface area contributed by atoms with Gasteiger partial charge in [0.25, 0.3) is 0 Å². The first kappa shape index (κ1) is 16.2. The summed E-state index contributed by atoms with van der Waals surface area (Å²) in [5.74, 6) is 0. The molecule has 0 fully saturated rings. The summed E-state index contributed by atoms with van der Waals surface area (Å²) < 4.78 is 0. The summed E-state index contributed by atoms with van der Waals surface area (Å²) in [6.07, 6.45) is 9.59. The second-order valence-electron chi connectivity index (χ2n) is 5.61. The summed E-state index contributed by atoms with van der Waals surface area (Å²) in [6.45, 7) is 6.21. The van der Waals surface area contributed by atoms with Gasteiger partial charge >= 0.3 is 0 Å². The van der Waals surface area contributed by atoms with E-state index in [9.17, 15) is 5.11 Å². The molecule has 0 spiro atoms. The summed E-state index contributed by atoms with van der Waals surface area (Å²) in [7, 11) is 0. The van der Waals surface area contributed by atoms with Crippen molar-refractivity contribution in [3.8, 4) is 0 Å². The molecule has 0 amide bonds. The van der Waals surface area contributed by atoms with Crippen molar-refractivity contribution in [2.45, 2.75) is 78.2 Å². The zero-order valence-electron chi connectivity index (χ0n) is 12.8. The van der Waals surface area contributed by atoms with E-state index in [4.69, 9.17) is 0 Å². The Labute approximate surface area is 118 Å². The Morgan fingerprint density at radius 2 is 1.47 bits per heavy atom. The van der Waals surface area contributed by atoms with Gasteiger partial charge in [-0.3, -0.25) is 4.98 Å². The Morgan fingerprint density at radius 3 is 2.05 bits per heavy atom. The van der Waals surface area contributed by atoms with Crippen LogP contribution in [0.15, 0.2) is 12.1 Å². The minimum atomic E-state index is -0.323. The number of rotatable bonds is 9. The number of hydrogen-bond acceptors (Lipinski definition) is 2. The molecule has 1 rings (SSSR count). The van der Waals surface area contributed by atoms with E-state index in [2.05, 4.69) is 11.9 Å². The number of pyridine rings is 1. The molecule has 1 aromatic rings. The van der Waals surface area contributed by atoms with Crippen molar-refractivity contribution in [2.75, 3.05) is 0 Å². The lowest BCUT2D eigenvalue weighted by molar-refractivity contribution is 0.163. The van der Waals surface area contributed by atoms with Gasteiger partial charge in [-0.2, -0.15) is 0 Å². The van der Waals surface area contributed by atoms with Crippen LogP contribution in [0.3, 0.4) is 0 Å². The van der Waals surface area contributed by atoms with Crippen LogP contribution in [0.4, 0.5) is 0 Å². The molecule has 0 aliphatic carbocycles. The predicted molar refractivity (Wildman–Crippen MR) is 81.3 cm³/mol. The van der Waals surface area contributed by atoms with Crippen molar-refractivity contribution in [3.05, 3.63) is 29.1 Å². The molecule has 1 unspecified atom stereocenters. The highest BCUT2D eigenvalue weighted by molar-refractivity contribution is 5.22. The molecule has 0 saturated heterocycles. The SMILES string of the molecule is CCCCCCCCCC(O)c1cc(C)nc(C)c1. The van der Waals surface area contributed by atoms with Crippen molar-refractivity contribution < 1.29 is 5.11 Å². The molecular weight excluding hydrogens is 234 g/mol. The predicted octanol–water partition coefficient (Wildman–Crippen LogP) is 4.87. The standard InChI is InChI=1S/C17H29NO/c1-4-5-6-7-8-9-10-11-17(19)16-12-14(2)18-15(3)13-16/h12-13,17,19H,4-11H2,1-3H3. The summed E-state index contributed by atoms with van der Waals surface area (Å²) in [5, 5.41) is 10.2. The third kappa shape index (κ3) is 6.72. The molecule has 108 valence electrons. The van der Waals surface area contributed by atoms with Gasteiger partial charge in [0.05, 0.1) is 6.10 Å². The molecule has 0 aromatic carbocycles. The number of aliphatic hydroxyl groups is 1. The lowest BCUT2D eigenvalue weighted by Gasteiger charge is -2.12. The topological polar surface area (TPSA) is 33.1 Å². The highest BCUT2D eigenvalue weighted by Crippen LogP contribution is 2.21. The van der Waals surface area contributed by atoms with Crippen LogP contribution < -0.4 is 0 Å². The van der Waals surface area contributed by atoms with E-state index in [-0.39, 0.29) is 6.10 Å². The summed E-state index contributed by atoms with van der Waals surface area (Å²) >= 11 is 0. The maximum absolute atomic E-state index is 10.2. The molecule has 0 radical (unpaired) electrons. The maximum Gasteiger partial charge on any atom is 0.0791 e. The molecular formula is C17H29NO. The second-order valence-corrected chi connectivity index (χ2v) is 5.61. The number of nitrogens with zero attached hydrogens (tertiary/aromatic N) is 1. The first-order valence-corrected chi connectivity index (χ1v) is 7.76. The molecule has 1 heterocycles. The molecule has 2 heteroatoms. The average Bonchev–Trinajstić information content (AvgIpc) is 2.36. The Kier molecular flexibility index (Phi) is 7.73. The monoisotopic (exact) mass is 263 g/mol. The number of aryl methyl sites for hydroxylation is 2. The molecule has 1 atom stereocenters. The van der Waals surface area contributed by atoms with E-state index in [0.717, 1.165) is 29.8 Å². The van der Waals surface area contributed by atoms with Gasteiger partial charge in [0.15, 0.2) is 0 Å². The lowest BCUT2D eigenvalue weighted by atomic mass is 10.0. The van der Waals surface area contributed by atoms with Crippen molar-refractivity contribution >= 4 is 0 Å². The van der Waals surface area contributed by atoms with Crippen molar-refractivity contribution in [1.82, 2.24) is 4.98 Å². The van der Waals surface area contributed by atoms with Crippen LogP contribution in [0.25, 0.3) is 0 Å². The quantitative estimate of drug-likeness (QED) is 0.645.